The van der Waals surface area contributed by atoms with Crippen LogP contribution in [0.1, 0.15) is 11.4 Å². The Balaban J connectivity index is 2.37. The van der Waals surface area contributed by atoms with Crippen molar-refractivity contribution in [2.75, 3.05) is 18.2 Å². The number of nitrogens with two attached hydrogens (primary N) is 1. The molecule has 0 aliphatic heterocycles. The molecule has 0 saturated carbocycles. The molecule has 1 aromatic carbocycles. The van der Waals surface area contributed by atoms with Gasteiger partial charge < -0.3 is 15.2 Å². The van der Waals surface area contributed by atoms with Crippen LogP contribution >= 0.6 is 24.0 Å². The average molecular weight is 306 g/mol. The monoisotopic (exact) mass is 306 g/mol. The van der Waals surface area contributed by atoms with E-state index in [4.69, 9.17) is 18.0 Å². The second-order valence-corrected chi connectivity index (χ2v) is 5.82. The molecule has 1 aromatic heterocycles. The maximum Gasteiger partial charge on any atom is 0.127 e. The lowest BCUT2D eigenvalue weighted by molar-refractivity contribution is 0.761. The van der Waals surface area contributed by atoms with Crippen molar-refractivity contribution in [1.82, 2.24) is 9.55 Å². The standard InChI is InChI=1S/C14H18N4S2/c1-17-8-7-16-12(17)9-18(2)10-5-4-6-11(20-3)13(10)14(15)19/h4-8H,9H2,1-3H3,(H2,15,19). The summed E-state index contributed by atoms with van der Waals surface area (Å²) in [5, 5.41) is 0. The highest BCUT2D eigenvalue weighted by molar-refractivity contribution is 7.98. The van der Waals surface area contributed by atoms with E-state index in [1.807, 2.05) is 49.3 Å². The maximum atomic E-state index is 5.90. The van der Waals surface area contributed by atoms with Crippen molar-refractivity contribution in [3.8, 4) is 0 Å². The van der Waals surface area contributed by atoms with Crippen LogP contribution in [-0.4, -0.2) is 27.8 Å². The van der Waals surface area contributed by atoms with Crippen LogP contribution in [0.2, 0.25) is 0 Å². The number of nitrogens with zero attached hydrogens (tertiary/aromatic N) is 3. The zero-order chi connectivity index (χ0) is 14.7. The molecule has 0 spiro atoms. The van der Waals surface area contributed by atoms with E-state index in [2.05, 4.69) is 9.88 Å². The van der Waals surface area contributed by atoms with Crippen molar-refractivity contribution in [1.29, 1.82) is 0 Å². The van der Waals surface area contributed by atoms with Gasteiger partial charge in [0.05, 0.1) is 6.54 Å². The Morgan fingerprint density at radius 2 is 2.25 bits per heavy atom. The van der Waals surface area contributed by atoms with Crippen molar-refractivity contribution in [3.63, 3.8) is 0 Å². The van der Waals surface area contributed by atoms with Gasteiger partial charge in [-0.1, -0.05) is 18.3 Å². The van der Waals surface area contributed by atoms with Crippen LogP contribution in [-0.2, 0) is 13.6 Å². The summed E-state index contributed by atoms with van der Waals surface area (Å²) in [4.78, 5) is 8.00. The molecular weight excluding hydrogens is 288 g/mol. The molecule has 0 aliphatic carbocycles. The fourth-order valence-corrected chi connectivity index (χ4v) is 3.01. The molecular formula is C14H18N4S2. The quantitative estimate of drug-likeness (QED) is 0.679. The van der Waals surface area contributed by atoms with Crippen LogP contribution in [0.15, 0.2) is 35.5 Å². The number of rotatable bonds is 5. The Kier molecular flexibility index (Phi) is 4.67. The van der Waals surface area contributed by atoms with E-state index >= 15 is 0 Å². The highest BCUT2D eigenvalue weighted by Crippen LogP contribution is 2.29. The van der Waals surface area contributed by atoms with Crippen LogP contribution in [0.25, 0.3) is 0 Å². The number of aromatic nitrogens is 2. The van der Waals surface area contributed by atoms with E-state index in [0.717, 1.165) is 22.0 Å². The number of thioether (sulfide) groups is 1. The molecule has 0 bridgehead atoms. The topological polar surface area (TPSA) is 47.1 Å². The molecule has 106 valence electrons. The van der Waals surface area contributed by atoms with Gasteiger partial charge in [-0.05, 0) is 18.4 Å². The van der Waals surface area contributed by atoms with Gasteiger partial charge in [-0.3, -0.25) is 0 Å². The van der Waals surface area contributed by atoms with Gasteiger partial charge in [0.25, 0.3) is 0 Å². The Labute approximate surface area is 129 Å². The SMILES string of the molecule is CSc1cccc(N(C)Cc2nccn2C)c1C(N)=S. The van der Waals surface area contributed by atoms with Crippen LogP contribution < -0.4 is 10.6 Å². The van der Waals surface area contributed by atoms with Crippen LogP contribution in [0, 0.1) is 0 Å². The van der Waals surface area contributed by atoms with E-state index in [-0.39, 0.29) is 0 Å². The largest absolute Gasteiger partial charge is 0.389 e. The first kappa shape index (κ1) is 14.9. The highest BCUT2D eigenvalue weighted by atomic mass is 32.2. The van der Waals surface area contributed by atoms with Crippen molar-refractivity contribution >= 4 is 34.7 Å². The first-order valence-corrected chi connectivity index (χ1v) is 7.82. The predicted octanol–water partition coefficient (Wildman–Crippen LogP) is 2.41. The summed E-state index contributed by atoms with van der Waals surface area (Å²) in [6, 6.07) is 6.10. The zero-order valence-corrected chi connectivity index (χ0v) is 13.5. The molecule has 0 atom stereocenters. The molecule has 0 amide bonds. The van der Waals surface area contributed by atoms with Crippen LogP contribution in [0.4, 0.5) is 5.69 Å². The number of anilines is 1. The number of hydrogen-bond acceptors (Lipinski definition) is 4. The lowest BCUT2D eigenvalue weighted by Crippen LogP contribution is -2.23. The van der Waals surface area contributed by atoms with E-state index in [0.29, 0.717) is 11.5 Å². The summed E-state index contributed by atoms with van der Waals surface area (Å²) in [5.74, 6) is 0.996. The summed E-state index contributed by atoms with van der Waals surface area (Å²) < 4.78 is 2.01. The van der Waals surface area contributed by atoms with E-state index in [1.165, 1.54) is 0 Å². The predicted molar refractivity (Wildman–Crippen MR) is 89.4 cm³/mol. The molecule has 6 heteroatoms. The molecule has 2 aromatic rings. The fourth-order valence-electron chi connectivity index (χ4n) is 2.10. The first-order chi connectivity index (χ1) is 9.54. The number of aryl methyl sites for hydroxylation is 1. The van der Waals surface area contributed by atoms with Gasteiger partial charge in [0, 0.05) is 42.6 Å². The Bertz CT molecular complexity index is 621. The van der Waals surface area contributed by atoms with Gasteiger partial charge in [-0.2, -0.15) is 0 Å². The molecule has 0 unspecified atom stereocenters. The lowest BCUT2D eigenvalue weighted by Gasteiger charge is -2.23. The Morgan fingerprint density at radius 1 is 1.50 bits per heavy atom. The minimum atomic E-state index is 0.427. The second kappa shape index (κ2) is 6.28. The summed E-state index contributed by atoms with van der Waals surface area (Å²) in [6.45, 7) is 0.705. The third kappa shape index (κ3) is 2.96. The normalized spacial score (nSPS) is 10.6. The number of benzene rings is 1. The lowest BCUT2D eigenvalue weighted by atomic mass is 10.1. The third-order valence-electron chi connectivity index (χ3n) is 3.18. The molecule has 0 aliphatic rings. The van der Waals surface area contributed by atoms with Gasteiger partial charge in [-0.25, -0.2) is 4.98 Å². The number of hydrogen-bond donors (Lipinski definition) is 1. The molecule has 0 saturated heterocycles. The molecule has 0 radical (unpaired) electrons. The smallest absolute Gasteiger partial charge is 0.127 e. The van der Waals surface area contributed by atoms with Crippen molar-refractivity contribution < 1.29 is 0 Å². The Morgan fingerprint density at radius 3 is 2.80 bits per heavy atom. The summed E-state index contributed by atoms with van der Waals surface area (Å²) >= 11 is 6.86. The molecule has 1 heterocycles. The van der Waals surface area contributed by atoms with Gasteiger partial charge in [0.1, 0.15) is 10.8 Å². The van der Waals surface area contributed by atoms with E-state index < -0.39 is 0 Å². The molecule has 2 N–H and O–H groups in total. The minimum absolute atomic E-state index is 0.427. The molecule has 4 nitrogen and oxygen atoms in total. The van der Waals surface area contributed by atoms with Crippen molar-refractivity contribution in [2.24, 2.45) is 12.8 Å². The first-order valence-electron chi connectivity index (χ1n) is 6.18. The summed E-state index contributed by atoms with van der Waals surface area (Å²) in [5.41, 5.74) is 7.87. The summed E-state index contributed by atoms with van der Waals surface area (Å²) in [6.07, 6.45) is 5.77. The second-order valence-electron chi connectivity index (χ2n) is 4.53. The average Bonchev–Trinajstić information content (AvgIpc) is 2.83. The van der Waals surface area contributed by atoms with Gasteiger partial charge >= 0.3 is 0 Å². The van der Waals surface area contributed by atoms with Gasteiger partial charge in [-0.15, -0.1) is 11.8 Å². The van der Waals surface area contributed by atoms with Crippen molar-refractivity contribution in [3.05, 3.63) is 42.0 Å². The van der Waals surface area contributed by atoms with Crippen molar-refractivity contribution in [2.45, 2.75) is 11.4 Å². The molecule has 0 fully saturated rings. The maximum absolute atomic E-state index is 5.90. The fraction of sp³-hybridized carbons (Fsp3) is 0.286. The van der Waals surface area contributed by atoms with E-state index in [1.54, 1.807) is 18.0 Å². The van der Waals surface area contributed by atoms with Crippen LogP contribution in [0.3, 0.4) is 0 Å². The molecule has 2 rings (SSSR count). The van der Waals surface area contributed by atoms with Gasteiger partial charge in [0.15, 0.2) is 0 Å². The van der Waals surface area contributed by atoms with Crippen LogP contribution in [0.5, 0.6) is 0 Å². The number of thiocarbonyl (C=S) groups is 1. The highest BCUT2D eigenvalue weighted by Gasteiger charge is 2.15. The van der Waals surface area contributed by atoms with Gasteiger partial charge in [0.2, 0.25) is 0 Å². The zero-order valence-electron chi connectivity index (χ0n) is 11.8. The Hall–Kier alpha value is -1.53. The minimum Gasteiger partial charge on any atom is -0.389 e. The summed E-state index contributed by atoms with van der Waals surface area (Å²) in [7, 11) is 4.01. The van der Waals surface area contributed by atoms with E-state index in [9.17, 15) is 0 Å². The number of imidazole rings is 1. The third-order valence-corrected chi connectivity index (χ3v) is 4.17. The molecule has 20 heavy (non-hydrogen) atoms.